The van der Waals surface area contributed by atoms with E-state index in [9.17, 15) is 18.0 Å². The van der Waals surface area contributed by atoms with Gasteiger partial charge in [0.05, 0.1) is 30.3 Å². The number of fused-ring (bicyclic) bond motifs is 1. The number of ketones is 1. The Kier molecular flexibility index (Phi) is 7.68. The first-order valence-electron chi connectivity index (χ1n) is 13.4. The Balaban J connectivity index is 1.34. The molecule has 1 saturated heterocycles. The van der Waals surface area contributed by atoms with Crippen LogP contribution in [0.4, 0.5) is 17.5 Å². The zero-order valence-corrected chi connectivity index (χ0v) is 23.3. The van der Waals surface area contributed by atoms with E-state index in [-0.39, 0.29) is 35.5 Å². The second-order valence-electron chi connectivity index (χ2n) is 10.5. The maximum atomic E-state index is 13.4. The van der Waals surface area contributed by atoms with Crippen molar-refractivity contribution in [2.75, 3.05) is 36.2 Å². The third-order valence-electron chi connectivity index (χ3n) is 7.74. The first kappa shape index (κ1) is 27.2. The van der Waals surface area contributed by atoms with Crippen molar-refractivity contribution in [3.05, 3.63) is 46.0 Å². The summed E-state index contributed by atoms with van der Waals surface area (Å²) in [4.78, 5) is 41.7. The van der Waals surface area contributed by atoms with E-state index >= 15 is 0 Å². The topological polar surface area (TPSA) is 136 Å². The molecule has 1 saturated carbocycles. The number of carbonyl (C=O) groups excluding carboxylic acids is 1. The summed E-state index contributed by atoms with van der Waals surface area (Å²) in [6.07, 6.45) is 10.1. The third-order valence-corrected chi connectivity index (χ3v) is 8.30. The van der Waals surface area contributed by atoms with Gasteiger partial charge in [-0.05, 0) is 63.1 Å². The second kappa shape index (κ2) is 11.0. The lowest BCUT2D eigenvalue weighted by Gasteiger charge is -2.33. The van der Waals surface area contributed by atoms with Gasteiger partial charge in [0, 0.05) is 30.7 Å². The lowest BCUT2D eigenvalue weighted by molar-refractivity contribution is 0.101. The Labute approximate surface area is 227 Å². The van der Waals surface area contributed by atoms with E-state index in [1.165, 1.54) is 6.92 Å². The zero-order valence-electron chi connectivity index (χ0n) is 22.5. The molecule has 4 heterocycles. The molecule has 3 aromatic heterocycles. The first-order valence-corrected chi connectivity index (χ1v) is 15.2. The molecule has 2 aliphatic rings. The molecular weight excluding hydrogens is 520 g/mol. The molecule has 0 bridgehead atoms. The van der Waals surface area contributed by atoms with Gasteiger partial charge in [-0.1, -0.05) is 12.8 Å². The number of carbonyl (C=O) groups is 1. The molecule has 3 aromatic rings. The second-order valence-corrected chi connectivity index (χ2v) is 12.2. The highest BCUT2D eigenvalue weighted by atomic mass is 32.2. The predicted octanol–water partition coefficient (Wildman–Crippen LogP) is 3.75. The molecule has 0 unspecified atom stereocenters. The molecule has 0 spiro atoms. The lowest BCUT2D eigenvalue weighted by Crippen LogP contribution is -2.35. The zero-order chi connectivity index (χ0) is 27.7. The van der Waals surface area contributed by atoms with E-state index in [2.05, 4.69) is 20.2 Å². The summed E-state index contributed by atoms with van der Waals surface area (Å²) in [6, 6.07) is 3.85. The van der Waals surface area contributed by atoms with E-state index in [0.29, 0.717) is 28.4 Å². The number of nitrogens with zero attached hydrogens (tertiary/aromatic N) is 5. The van der Waals surface area contributed by atoms with Gasteiger partial charge in [-0.3, -0.25) is 18.3 Å². The number of hydrogen-bond acceptors (Lipinski definition) is 10. The van der Waals surface area contributed by atoms with Crippen molar-refractivity contribution in [3.8, 4) is 0 Å². The fourth-order valence-electron chi connectivity index (χ4n) is 5.65. The summed E-state index contributed by atoms with van der Waals surface area (Å²) in [6.45, 7) is 5.01. The van der Waals surface area contributed by atoms with Crippen molar-refractivity contribution in [2.45, 2.75) is 58.4 Å². The average molecular weight is 555 g/mol. The van der Waals surface area contributed by atoms with Gasteiger partial charge in [-0.15, -0.1) is 0 Å². The van der Waals surface area contributed by atoms with Crippen LogP contribution < -0.4 is 15.8 Å². The molecule has 0 aromatic carbocycles. The van der Waals surface area contributed by atoms with Gasteiger partial charge in [0.1, 0.15) is 11.5 Å². The molecule has 12 heteroatoms. The molecule has 0 atom stereocenters. The highest BCUT2D eigenvalue weighted by molar-refractivity contribution is 7.85. The molecule has 11 nitrogen and oxygen atoms in total. The SMILES string of the molecule is CC(=O)c1c(C)c2cnc(Nc3ccc(N4CCC(COS(C)(=O)=O)CC4)cn3)nc2n(C2CCCC2)c1=O. The van der Waals surface area contributed by atoms with Crippen LogP contribution in [0, 0.1) is 12.8 Å². The smallest absolute Gasteiger partial charge is 0.264 e. The standard InChI is InChI=1S/C27H34N6O5S/c1-17-22-15-29-27(31-25(22)33(20-6-4-5-7-20)26(35)24(17)18(2)34)30-23-9-8-21(14-28-23)32-12-10-19(11-13-32)16-38-39(3,36)37/h8-9,14-15,19-20H,4-7,10-13,16H2,1-3H3,(H,28,29,30,31). The van der Waals surface area contributed by atoms with E-state index in [1.54, 1.807) is 23.9 Å². The largest absolute Gasteiger partial charge is 0.370 e. The van der Waals surface area contributed by atoms with Crippen LogP contribution in [0.3, 0.4) is 0 Å². The monoisotopic (exact) mass is 554 g/mol. The van der Waals surface area contributed by atoms with E-state index < -0.39 is 10.1 Å². The Hall–Kier alpha value is -3.38. The van der Waals surface area contributed by atoms with Crippen LogP contribution in [-0.4, -0.2) is 59.7 Å². The highest BCUT2D eigenvalue weighted by Gasteiger charge is 2.26. The number of pyridine rings is 2. The number of anilines is 3. The molecule has 39 heavy (non-hydrogen) atoms. The molecule has 1 N–H and O–H groups in total. The van der Waals surface area contributed by atoms with Gasteiger partial charge in [0.15, 0.2) is 5.78 Å². The van der Waals surface area contributed by atoms with Crippen molar-refractivity contribution in [1.82, 2.24) is 19.5 Å². The van der Waals surface area contributed by atoms with Crippen molar-refractivity contribution in [3.63, 3.8) is 0 Å². The molecular formula is C27H34N6O5S. The fourth-order valence-corrected chi connectivity index (χ4v) is 6.09. The summed E-state index contributed by atoms with van der Waals surface area (Å²) >= 11 is 0. The van der Waals surface area contributed by atoms with Crippen LogP contribution in [0.1, 0.15) is 67.4 Å². The summed E-state index contributed by atoms with van der Waals surface area (Å²) < 4.78 is 29.2. The number of piperidine rings is 1. The summed E-state index contributed by atoms with van der Waals surface area (Å²) in [5.41, 5.74) is 2.05. The maximum absolute atomic E-state index is 13.4. The Morgan fingerprint density at radius 1 is 1.10 bits per heavy atom. The number of rotatable bonds is 8. The average Bonchev–Trinajstić information content (AvgIpc) is 3.42. The summed E-state index contributed by atoms with van der Waals surface area (Å²) in [7, 11) is -3.42. The van der Waals surface area contributed by atoms with Gasteiger partial charge in [-0.2, -0.15) is 13.4 Å². The molecule has 2 fully saturated rings. The van der Waals surface area contributed by atoms with Crippen molar-refractivity contribution in [2.24, 2.45) is 5.92 Å². The summed E-state index contributed by atoms with van der Waals surface area (Å²) in [5.74, 6) is 0.868. The minimum absolute atomic E-state index is 0.0148. The fraction of sp³-hybridized carbons (Fsp3) is 0.519. The lowest BCUT2D eigenvalue weighted by atomic mass is 9.98. The molecule has 0 radical (unpaired) electrons. The molecule has 5 rings (SSSR count). The predicted molar refractivity (Wildman–Crippen MR) is 149 cm³/mol. The number of aryl methyl sites for hydroxylation is 1. The Morgan fingerprint density at radius 2 is 1.82 bits per heavy atom. The summed E-state index contributed by atoms with van der Waals surface area (Å²) in [5, 5.41) is 3.85. The van der Waals surface area contributed by atoms with Gasteiger partial charge >= 0.3 is 0 Å². The number of hydrogen-bond donors (Lipinski definition) is 1. The number of nitrogens with one attached hydrogen (secondary N) is 1. The van der Waals surface area contributed by atoms with Gasteiger partial charge in [0.2, 0.25) is 5.95 Å². The van der Waals surface area contributed by atoms with Crippen molar-refractivity contribution >= 4 is 44.4 Å². The molecule has 1 aliphatic carbocycles. The van der Waals surface area contributed by atoms with E-state index in [1.807, 2.05) is 12.1 Å². The molecule has 1 aliphatic heterocycles. The minimum Gasteiger partial charge on any atom is -0.370 e. The van der Waals surface area contributed by atoms with Crippen molar-refractivity contribution in [1.29, 1.82) is 0 Å². The highest BCUT2D eigenvalue weighted by Crippen LogP contribution is 2.32. The minimum atomic E-state index is -3.42. The third kappa shape index (κ3) is 5.96. The molecule has 208 valence electrons. The van der Waals surface area contributed by atoms with Gasteiger partial charge in [-0.25, -0.2) is 9.97 Å². The maximum Gasteiger partial charge on any atom is 0.264 e. The van der Waals surface area contributed by atoms with Crippen LogP contribution in [0.15, 0.2) is 29.3 Å². The van der Waals surface area contributed by atoms with Gasteiger partial charge in [0.25, 0.3) is 15.7 Å². The number of Topliss-reactive ketones (excluding diaryl/α,β-unsaturated/α-hetero) is 1. The van der Waals surface area contributed by atoms with Gasteiger partial charge < -0.3 is 10.2 Å². The van der Waals surface area contributed by atoms with E-state index in [0.717, 1.165) is 63.6 Å². The quantitative estimate of drug-likeness (QED) is 0.324. The van der Waals surface area contributed by atoms with Crippen LogP contribution in [0.2, 0.25) is 0 Å². The van der Waals surface area contributed by atoms with Crippen LogP contribution in [0.25, 0.3) is 11.0 Å². The van der Waals surface area contributed by atoms with Crippen LogP contribution >= 0.6 is 0 Å². The number of aromatic nitrogens is 4. The van der Waals surface area contributed by atoms with Crippen LogP contribution in [0.5, 0.6) is 0 Å². The normalized spacial score (nSPS) is 17.2. The molecule has 0 amide bonds. The van der Waals surface area contributed by atoms with Crippen LogP contribution in [-0.2, 0) is 14.3 Å². The first-order chi connectivity index (χ1) is 18.6. The Bertz CT molecular complexity index is 1540. The van der Waals surface area contributed by atoms with Crippen molar-refractivity contribution < 1.29 is 17.4 Å². The van der Waals surface area contributed by atoms with E-state index in [4.69, 9.17) is 9.17 Å². The Morgan fingerprint density at radius 3 is 2.44 bits per heavy atom.